The van der Waals surface area contributed by atoms with Crippen molar-refractivity contribution < 1.29 is 4.79 Å². The molecule has 0 N–H and O–H groups in total. The lowest BCUT2D eigenvalue weighted by molar-refractivity contribution is -0.132. The van der Waals surface area contributed by atoms with Crippen LogP contribution in [0.3, 0.4) is 0 Å². The van der Waals surface area contributed by atoms with Gasteiger partial charge in [0.1, 0.15) is 0 Å². The van der Waals surface area contributed by atoms with Crippen LogP contribution in [0, 0.1) is 0 Å². The van der Waals surface area contributed by atoms with Gasteiger partial charge in [-0.15, -0.1) is 0 Å². The van der Waals surface area contributed by atoms with Crippen molar-refractivity contribution >= 4 is 16.1 Å². The summed E-state index contributed by atoms with van der Waals surface area (Å²) in [7, 11) is 1.06. The minimum Gasteiger partial charge on any atom is -0.342 e. The van der Waals surface area contributed by atoms with Gasteiger partial charge in [0.15, 0.2) is 0 Å². The smallest absolute Gasteiger partial charge is 0.219 e. The fraction of sp³-hybridized carbons (Fsp3) is 0.857. The van der Waals surface area contributed by atoms with E-state index in [1.54, 1.807) is 6.92 Å². The zero-order chi connectivity index (χ0) is 8.36. The van der Waals surface area contributed by atoms with Crippen molar-refractivity contribution in [1.82, 2.24) is 4.90 Å². The first-order valence-corrected chi connectivity index (χ1v) is 5.09. The molecule has 0 rings (SSSR count). The molecule has 0 saturated heterocycles. The van der Waals surface area contributed by atoms with Gasteiger partial charge < -0.3 is 4.90 Å². The summed E-state index contributed by atoms with van der Waals surface area (Å²) in [5.41, 5.74) is 0.00752. The number of hydrogen-bond donors (Lipinski definition) is 0. The molecule has 0 spiro atoms. The second kappa shape index (κ2) is 3.19. The first kappa shape index (κ1) is 9.69. The number of carbonyl (C=O) groups excluding carboxylic acids is 1. The largest absolute Gasteiger partial charge is 0.342 e. The van der Waals surface area contributed by atoms with Crippen LogP contribution < -0.4 is 0 Å². The number of nitrogens with zero attached hydrogens (tertiary/aromatic N) is 1. The van der Waals surface area contributed by atoms with Crippen LogP contribution in [0.4, 0.5) is 0 Å². The summed E-state index contributed by atoms with van der Waals surface area (Å²) in [6, 6.07) is 0. The fourth-order valence-electron chi connectivity index (χ4n) is 1.17. The summed E-state index contributed by atoms with van der Waals surface area (Å²) in [6.45, 7) is 7.81. The Kier molecular flexibility index (Phi) is 3.09. The van der Waals surface area contributed by atoms with E-state index in [1.165, 1.54) is 0 Å². The van der Waals surface area contributed by atoms with E-state index >= 15 is 0 Å². The van der Waals surface area contributed by atoms with Crippen LogP contribution in [0.2, 0.25) is 0 Å². The van der Waals surface area contributed by atoms with Crippen molar-refractivity contribution in [2.75, 3.05) is 6.17 Å². The van der Waals surface area contributed by atoms with Gasteiger partial charge in [-0.05, 0) is 20.8 Å². The molecule has 3 heteroatoms. The molecule has 0 fully saturated rings. The fourth-order valence-corrected chi connectivity index (χ4v) is 2.56. The molecular weight excluding hydrogens is 142 g/mol. The van der Waals surface area contributed by atoms with Gasteiger partial charge in [0.25, 0.3) is 0 Å². The van der Waals surface area contributed by atoms with Crippen LogP contribution in [-0.4, -0.2) is 32.8 Å². The Morgan fingerprint density at radius 3 is 1.90 bits per heavy atom. The third-order valence-corrected chi connectivity index (χ3v) is 2.14. The SMILES string of the molecule is CC(=O)N(C[SiH3])C(C)(C)C. The van der Waals surface area contributed by atoms with Crippen LogP contribution in [0.5, 0.6) is 0 Å². The van der Waals surface area contributed by atoms with Crippen LogP contribution in [0.25, 0.3) is 0 Å². The summed E-state index contributed by atoms with van der Waals surface area (Å²) in [4.78, 5) is 12.9. The lowest BCUT2D eigenvalue weighted by Gasteiger charge is -2.33. The lowest BCUT2D eigenvalue weighted by Crippen LogP contribution is -2.45. The van der Waals surface area contributed by atoms with E-state index < -0.39 is 0 Å². The number of amides is 1. The molecule has 0 heterocycles. The number of carbonyl (C=O) groups is 1. The molecule has 2 nitrogen and oxygen atoms in total. The van der Waals surface area contributed by atoms with E-state index in [1.807, 2.05) is 4.90 Å². The normalized spacial score (nSPS) is 11.6. The van der Waals surface area contributed by atoms with Gasteiger partial charge in [0, 0.05) is 28.9 Å². The molecule has 10 heavy (non-hydrogen) atoms. The average Bonchev–Trinajstić information content (AvgIpc) is 1.60. The minimum atomic E-state index is 0.00752. The molecule has 0 aliphatic heterocycles. The number of rotatable bonds is 1. The molecule has 0 unspecified atom stereocenters. The molecular formula is C7H17NOSi. The standard InChI is InChI=1S/C7H17NOSi/c1-6(9)8(5-10)7(2,3)4/h5H2,1-4,10H3. The molecule has 0 aromatic heterocycles. The Morgan fingerprint density at radius 1 is 1.50 bits per heavy atom. The molecule has 60 valence electrons. The van der Waals surface area contributed by atoms with Crippen molar-refractivity contribution in [1.29, 1.82) is 0 Å². The van der Waals surface area contributed by atoms with Crippen LogP contribution in [0.15, 0.2) is 0 Å². The molecule has 0 saturated carbocycles. The van der Waals surface area contributed by atoms with E-state index in [0.29, 0.717) is 0 Å². The molecule has 0 bridgehead atoms. The number of hydrogen-bond acceptors (Lipinski definition) is 1. The van der Waals surface area contributed by atoms with Crippen molar-refractivity contribution in [2.45, 2.75) is 33.2 Å². The van der Waals surface area contributed by atoms with Crippen LogP contribution >= 0.6 is 0 Å². The highest BCUT2D eigenvalue weighted by molar-refractivity contribution is 6.10. The van der Waals surface area contributed by atoms with Gasteiger partial charge in [-0.1, -0.05) is 0 Å². The van der Waals surface area contributed by atoms with Gasteiger partial charge in [-0.3, -0.25) is 4.79 Å². The zero-order valence-corrected chi connectivity index (χ0v) is 9.56. The maximum absolute atomic E-state index is 11.0. The topological polar surface area (TPSA) is 20.3 Å². The third kappa shape index (κ3) is 2.52. The Labute approximate surface area is 66.0 Å². The Hall–Kier alpha value is -0.313. The second-order valence-corrected chi connectivity index (χ2v) is 4.07. The first-order valence-electron chi connectivity index (χ1n) is 3.67. The first-order chi connectivity index (χ1) is 4.39. The van der Waals surface area contributed by atoms with E-state index in [2.05, 4.69) is 20.8 Å². The minimum absolute atomic E-state index is 0.00752. The van der Waals surface area contributed by atoms with Gasteiger partial charge in [0.2, 0.25) is 5.91 Å². The highest BCUT2D eigenvalue weighted by Crippen LogP contribution is 2.11. The highest BCUT2D eigenvalue weighted by Gasteiger charge is 2.20. The molecule has 1 amide bonds. The summed E-state index contributed by atoms with van der Waals surface area (Å²) in [5.74, 6) is 0.183. The van der Waals surface area contributed by atoms with Crippen molar-refractivity contribution in [3.05, 3.63) is 0 Å². The average molecular weight is 159 g/mol. The molecule has 0 radical (unpaired) electrons. The third-order valence-electron chi connectivity index (χ3n) is 1.51. The van der Waals surface area contributed by atoms with E-state index in [0.717, 1.165) is 16.4 Å². The predicted molar refractivity (Wildman–Crippen MR) is 47.1 cm³/mol. The van der Waals surface area contributed by atoms with E-state index in [4.69, 9.17) is 0 Å². The van der Waals surface area contributed by atoms with Crippen molar-refractivity contribution in [3.8, 4) is 0 Å². The highest BCUT2D eigenvalue weighted by atomic mass is 28.1. The zero-order valence-electron chi connectivity index (χ0n) is 7.56. The molecule has 0 aliphatic carbocycles. The Balaban J connectivity index is 4.22. The Morgan fingerprint density at radius 2 is 1.90 bits per heavy atom. The second-order valence-electron chi connectivity index (χ2n) is 3.43. The molecule has 0 aromatic rings. The maximum Gasteiger partial charge on any atom is 0.219 e. The quantitative estimate of drug-likeness (QED) is 0.492. The van der Waals surface area contributed by atoms with Gasteiger partial charge in [-0.2, -0.15) is 0 Å². The van der Waals surface area contributed by atoms with Crippen LogP contribution in [-0.2, 0) is 4.79 Å². The summed E-state index contributed by atoms with van der Waals surface area (Å²) in [6.07, 6.45) is 0.929. The molecule has 0 aromatic carbocycles. The monoisotopic (exact) mass is 159 g/mol. The lowest BCUT2D eigenvalue weighted by atomic mass is 10.1. The van der Waals surface area contributed by atoms with Gasteiger partial charge in [-0.25, -0.2) is 0 Å². The van der Waals surface area contributed by atoms with Gasteiger partial charge >= 0.3 is 0 Å². The Bertz CT molecular complexity index is 128. The molecule has 0 atom stereocenters. The van der Waals surface area contributed by atoms with Crippen LogP contribution in [0.1, 0.15) is 27.7 Å². The van der Waals surface area contributed by atoms with E-state index in [-0.39, 0.29) is 11.4 Å². The van der Waals surface area contributed by atoms with Crippen molar-refractivity contribution in [2.24, 2.45) is 0 Å². The van der Waals surface area contributed by atoms with Gasteiger partial charge in [0.05, 0.1) is 0 Å². The predicted octanol–water partition coefficient (Wildman–Crippen LogP) is -0.0437. The van der Waals surface area contributed by atoms with E-state index in [9.17, 15) is 4.79 Å². The van der Waals surface area contributed by atoms with Crippen molar-refractivity contribution in [3.63, 3.8) is 0 Å². The molecule has 0 aliphatic rings. The summed E-state index contributed by atoms with van der Waals surface area (Å²) >= 11 is 0. The summed E-state index contributed by atoms with van der Waals surface area (Å²) < 4.78 is 0. The maximum atomic E-state index is 11.0. The summed E-state index contributed by atoms with van der Waals surface area (Å²) in [5, 5.41) is 0.